The zero-order valence-corrected chi connectivity index (χ0v) is 17.7. The molecule has 1 amide bonds. The van der Waals surface area contributed by atoms with Crippen molar-refractivity contribution in [2.75, 3.05) is 13.2 Å². The van der Waals surface area contributed by atoms with Gasteiger partial charge in [-0.2, -0.15) is 0 Å². The molecule has 30 heavy (non-hydrogen) atoms. The first-order valence-electron chi connectivity index (χ1n) is 10.1. The van der Waals surface area contributed by atoms with Gasteiger partial charge in [-0.3, -0.25) is 4.79 Å². The van der Waals surface area contributed by atoms with Crippen LogP contribution < -0.4 is 14.8 Å². The molecule has 1 N–H and O–H groups in total. The van der Waals surface area contributed by atoms with Crippen molar-refractivity contribution in [3.8, 4) is 22.8 Å². The predicted molar refractivity (Wildman–Crippen MR) is 116 cm³/mol. The number of hydrogen-bond acceptors (Lipinski definition) is 4. The number of carbonyl (C=O) groups excluding carboxylic acids is 1. The second-order valence-corrected chi connectivity index (χ2v) is 8.06. The fraction of sp³-hybridized carbons (Fsp3) is 0.292. The summed E-state index contributed by atoms with van der Waals surface area (Å²) in [6.07, 6.45) is 0.850. The van der Waals surface area contributed by atoms with Gasteiger partial charge in [0.25, 0.3) is 5.91 Å². The highest BCUT2D eigenvalue weighted by atomic mass is 35.5. The lowest BCUT2D eigenvalue weighted by Crippen LogP contribution is -2.31. The molecule has 0 bridgehead atoms. The van der Waals surface area contributed by atoms with Crippen molar-refractivity contribution in [2.45, 2.75) is 26.3 Å². The van der Waals surface area contributed by atoms with Crippen LogP contribution in [-0.2, 0) is 0 Å². The lowest BCUT2D eigenvalue weighted by atomic mass is 9.95. The molecule has 3 aromatic rings. The van der Waals surface area contributed by atoms with E-state index < -0.39 is 0 Å². The van der Waals surface area contributed by atoms with Crippen molar-refractivity contribution >= 4 is 17.5 Å². The minimum Gasteiger partial charge on any atom is -0.490 e. The predicted octanol–water partition coefficient (Wildman–Crippen LogP) is 5.89. The van der Waals surface area contributed by atoms with Gasteiger partial charge in [-0.15, -0.1) is 0 Å². The van der Waals surface area contributed by atoms with Crippen LogP contribution in [0.25, 0.3) is 11.3 Å². The number of benzene rings is 2. The third kappa shape index (κ3) is 4.46. The summed E-state index contributed by atoms with van der Waals surface area (Å²) in [6.45, 7) is 5.39. The van der Waals surface area contributed by atoms with Gasteiger partial charge in [0, 0.05) is 17.0 Å². The summed E-state index contributed by atoms with van der Waals surface area (Å²) in [4.78, 5) is 12.9. The molecule has 1 aliphatic rings. The molecular weight excluding hydrogens is 402 g/mol. The topological polar surface area (TPSA) is 60.7 Å². The van der Waals surface area contributed by atoms with E-state index in [1.165, 1.54) is 0 Å². The number of halogens is 1. The quantitative estimate of drug-likeness (QED) is 0.553. The Morgan fingerprint density at radius 1 is 0.967 bits per heavy atom. The standard InChI is InChI=1S/C24H24ClNO4/c1-15(2)23(17-6-9-20-22(14-17)29-13-3-12-28-20)26-24(27)21-11-10-19(30-21)16-4-7-18(25)8-5-16/h4-11,14-15,23H,3,12-13H2,1-2H3,(H,26,27). The second-order valence-electron chi connectivity index (χ2n) is 7.62. The Hall–Kier alpha value is -2.92. The number of fused-ring (bicyclic) bond motifs is 1. The number of carbonyl (C=O) groups is 1. The Labute approximate surface area is 180 Å². The molecule has 5 nitrogen and oxygen atoms in total. The Morgan fingerprint density at radius 2 is 1.70 bits per heavy atom. The van der Waals surface area contributed by atoms with E-state index in [1.54, 1.807) is 24.3 Å². The van der Waals surface area contributed by atoms with Crippen LogP contribution in [0.2, 0.25) is 5.02 Å². The van der Waals surface area contributed by atoms with E-state index in [9.17, 15) is 4.79 Å². The van der Waals surface area contributed by atoms with Gasteiger partial charge in [0.1, 0.15) is 5.76 Å². The maximum atomic E-state index is 12.9. The number of nitrogens with one attached hydrogen (secondary N) is 1. The molecule has 2 heterocycles. The van der Waals surface area contributed by atoms with E-state index in [4.69, 9.17) is 25.5 Å². The Balaban J connectivity index is 1.53. The van der Waals surface area contributed by atoms with Crippen LogP contribution >= 0.6 is 11.6 Å². The summed E-state index contributed by atoms with van der Waals surface area (Å²) in [5, 5.41) is 3.75. The normalized spacial score (nSPS) is 14.3. The number of rotatable bonds is 5. The van der Waals surface area contributed by atoms with Crippen LogP contribution in [0.15, 0.2) is 59.0 Å². The first-order chi connectivity index (χ1) is 14.5. The molecule has 0 radical (unpaired) electrons. The van der Waals surface area contributed by atoms with Crippen molar-refractivity contribution < 1.29 is 18.7 Å². The first-order valence-corrected chi connectivity index (χ1v) is 10.5. The van der Waals surface area contributed by atoms with Crippen LogP contribution in [0, 0.1) is 5.92 Å². The highest BCUT2D eigenvalue weighted by Crippen LogP contribution is 2.34. The molecule has 0 saturated heterocycles. The fourth-order valence-corrected chi connectivity index (χ4v) is 3.58. The van der Waals surface area contributed by atoms with Gasteiger partial charge in [-0.05, 0) is 60.0 Å². The molecular formula is C24H24ClNO4. The van der Waals surface area contributed by atoms with Crippen LogP contribution in [0.3, 0.4) is 0 Å². The van der Waals surface area contributed by atoms with E-state index >= 15 is 0 Å². The molecule has 156 valence electrons. The maximum Gasteiger partial charge on any atom is 0.287 e. The summed E-state index contributed by atoms with van der Waals surface area (Å²) >= 11 is 5.94. The summed E-state index contributed by atoms with van der Waals surface area (Å²) in [5.74, 6) is 2.25. The lowest BCUT2D eigenvalue weighted by molar-refractivity contribution is 0.0898. The van der Waals surface area contributed by atoms with Gasteiger partial charge in [0.05, 0.1) is 19.3 Å². The first kappa shape index (κ1) is 20.4. The Bertz CT molecular complexity index is 1030. The molecule has 0 aliphatic carbocycles. The van der Waals surface area contributed by atoms with Crippen LogP contribution in [-0.4, -0.2) is 19.1 Å². The molecule has 1 aromatic heterocycles. The average molecular weight is 426 g/mol. The van der Waals surface area contributed by atoms with Crippen molar-refractivity contribution in [3.63, 3.8) is 0 Å². The van der Waals surface area contributed by atoms with E-state index in [0.29, 0.717) is 29.7 Å². The summed E-state index contributed by atoms with van der Waals surface area (Å²) < 4.78 is 17.3. The molecule has 2 aromatic carbocycles. The van der Waals surface area contributed by atoms with Gasteiger partial charge in [0.2, 0.25) is 0 Å². The molecule has 1 aliphatic heterocycles. The zero-order valence-electron chi connectivity index (χ0n) is 17.0. The van der Waals surface area contributed by atoms with Crippen molar-refractivity contribution in [2.24, 2.45) is 5.92 Å². The van der Waals surface area contributed by atoms with Gasteiger partial charge in [0.15, 0.2) is 17.3 Å². The van der Waals surface area contributed by atoms with Crippen LogP contribution in [0.5, 0.6) is 11.5 Å². The lowest BCUT2D eigenvalue weighted by Gasteiger charge is -2.23. The average Bonchev–Trinajstić information content (AvgIpc) is 3.11. The smallest absolute Gasteiger partial charge is 0.287 e. The molecule has 0 fully saturated rings. The molecule has 6 heteroatoms. The molecule has 1 atom stereocenters. The highest BCUT2D eigenvalue weighted by Gasteiger charge is 2.23. The summed E-state index contributed by atoms with van der Waals surface area (Å²) in [7, 11) is 0. The highest BCUT2D eigenvalue weighted by molar-refractivity contribution is 6.30. The van der Waals surface area contributed by atoms with Gasteiger partial charge in [-0.1, -0.05) is 31.5 Å². The number of amides is 1. The van der Waals surface area contributed by atoms with Gasteiger partial charge >= 0.3 is 0 Å². The molecule has 1 unspecified atom stereocenters. The summed E-state index contributed by atoms with van der Waals surface area (Å²) in [5.41, 5.74) is 1.83. The molecule has 0 saturated carbocycles. The number of furan rings is 1. The monoisotopic (exact) mass is 425 g/mol. The Kier molecular flexibility index (Phi) is 6.00. The van der Waals surface area contributed by atoms with E-state index in [0.717, 1.165) is 23.3 Å². The van der Waals surface area contributed by atoms with Crippen LogP contribution in [0.1, 0.15) is 42.4 Å². The fourth-order valence-electron chi connectivity index (χ4n) is 3.45. The van der Waals surface area contributed by atoms with Gasteiger partial charge in [-0.25, -0.2) is 0 Å². The third-order valence-corrected chi connectivity index (χ3v) is 5.29. The molecule has 0 spiro atoms. The van der Waals surface area contributed by atoms with E-state index in [1.807, 2.05) is 30.3 Å². The van der Waals surface area contributed by atoms with Crippen molar-refractivity contribution in [1.29, 1.82) is 0 Å². The SMILES string of the molecule is CC(C)C(NC(=O)c1ccc(-c2ccc(Cl)cc2)o1)c1ccc2c(c1)OCCCO2. The van der Waals surface area contributed by atoms with E-state index in [2.05, 4.69) is 19.2 Å². The largest absolute Gasteiger partial charge is 0.490 e. The zero-order chi connectivity index (χ0) is 21.1. The van der Waals surface area contributed by atoms with Crippen LogP contribution in [0.4, 0.5) is 0 Å². The number of ether oxygens (including phenoxy) is 2. The third-order valence-electron chi connectivity index (χ3n) is 5.04. The van der Waals surface area contributed by atoms with Crippen molar-refractivity contribution in [3.05, 3.63) is 70.9 Å². The minimum absolute atomic E-state index is 0.171. The Morgan fingerprint density at radius 3 is 2.43 bits per heavy atom. The minimum atomic E-state index is -0.263. The van der Waals surface area contributed by atoms with Gasteiger partial charge < -0.3 is 19.2 Å². The second kappa shape index (κ2) is 8.84. The van der Waals surface area contributed by atoms with Crippen molar-refractivity contribution in [1.82, 2.24) is 5.32 Å². The molecule has 4 rings (SSSR count). The maximum absolute atomic E-state index is 12.9. The van der Waals surface area contributed by atoms with E-state index in [-0.39, 0.29) is 23.6 Å². The number of hydrogen-bond donors (Lipinski definition) is 1. The summed E-state index contributed by atoms with van der Waals surface area (Å²) in [6, 6.07) is 16.4.